The molecule has 0 amide bonds. The summed E-state index contributed by atoms with van der Waals surface area (Å²) < 4.78 is 2.69. The maximum atomic E-state index is 2.60. The van der Waals surface area contributed by atoms with E-state index >= 15 is 0 Å². The number of hydrogen-bond acceptors (Lipinski definition) is 1. The van der Waals surface area contributed by atoms with E-state index < -0.39 is 0 Å². The zero-order valence-electron chi connectivity index (χ0n) is 33.6. The summed E-state index contributed by atoms with van der Waals surface area (Å²) in [5, 5.41) is 10.7. The molecule has 0 spiro atoms. The second-order valence-electron chi connectivity index (χ2n) is 18.8. The molecule has 4 bridgehead atoms. The second-order valence-corrected chi connectivity index (χ2v) is 19.9. The first-order valence-corrected chi connectivity index (χ1v) is 23.2. The second kappa shape index (κ2) is 12.7. The van der Waals surface area contributed by atoms with Gasteiger partial charge in [-0.25, -0.2) is 0 Å². The Morgan fingerprint density at radius 2 is 0.883 bits per heavy atom. The summed E-state index contributed by atoms with van der Waals surface area (Å²) in [6.45, 7) is 0. The number of rotatable bonds is 4. The minimum absolute atomic E-state index is 0.494. The molecular weight excluding hydrogens is 741 g/mol. The number of fused-ring (bicyclic) bond motifs is 10. The number of benzene rings is 9. The van der Waals surface area contributed by atoms with E-state index in [1.165, 1.54) is 129 Å². The quantitative estimate of drug-likeness (QED) is 0.156. The van der Waals surface area contributed by atoms with E-state index in [1.54, 1.807) is 11.1 Å². The fourth-order valence-corrected chi connectivity index (χ4v) is 14.7. The van der Waals surface area contributed by atoms with Gasteiger partial charge in [0.15, 0.2) is 0 Å². The molecule has 60 heavy (non-hydrogen) atoms. The molecule has 0 nitrogen and oxygen atoms in total. The van der Waals surface area contributed by atoms with Crippen molar-refractivity contribution in [1.29, 1.82) is 0 Å². The van der Waals surface area contributed by atoms with E-state index in [0.29, 0.717) is 5.92 Å². The SMILES string of the molecule is c1ccc2c3c(ccc2c1)C(C1C2CC4CC(C2)CC1C4)c1ccc(-c2c4ccccc4c(-c4ccc(-c5ccc6sc7ccccc7c6c5)cc4)c4ccccc24)cc1-3. The average Bonchev–Trinajstić information content (AvgIpc) is 3.83. The van der Waals surface area contributed by atoms with Gasteiger partial charge in [0.1, 0.15) is 0 Å². The van der Waals surface area contributed by atoms with Crippen LogP contribution in [-0.4, -0.2) is 0 Å². The van der Waals surface area contributed by atoms with E-state index in [4.69, 9.17) is 0 Å². The molecule has 4 fully saturated rings. The molecule has 1 heteroatoms. The Bertz CT molecular complexity index is 3310. The molecule has 1 unspecified atom stereocenters. The van der Waals surface area contributed by atoms with Crippen molar-refractivity contribution in [3.8, 4) is 44.5 Å². The highest BCUT2D eigenvalue weighted by atomic mass is 32.1. The van der Waals surface area contributed by atoms with Crippen molar-refractivity contribution in [2.24, 2.45) is 29.6 Å². The fraction of sp³-hybridized carbons (Fsp3) is 0.186. The van der Waals surface area contributed by atoms with Gasteiger partial charge in [0.25, 0.3) is 0 Å². The Hall–Kier alpha value is -6.02. The van der Waals surface area contributed by atoms with Gasteiger partial charge in [0.05, 0.1) is 0 Å². The van der Waals surface area contributed by atoms with Crippen LogP contribution in [0.3, 0.4) is 0 Å². The van der Waals surface area contributed by atoms with Crippen molar-refractivity contribution in [3.05, 3.63) is 181 Å². The van der Waals surface area contributed by atoms with Crippen LogP contribution < -0.4 is 0 Å². The largest absolute Gasteiger partial charge is 0.135 e. The van der Waals surface area contributed by atoms with Crippen molar-refractivity contribution in [3.63, 3.8) is 0 Å². The molecule has 1 aromatic heterocycles. The lowest BCUT2D eigenvalue weighted by Crippen LogP contribution is -2.47. The van der Waals surface area contributed by atoms with Gasteiger partial charge in [-0.2, -0.15) is 0 Å². The molecule has 0 saturated heterocycles. The van der Waals surface area contributed by atoms with Gasteiger partial charge >= 0.3 is 0 Å². The zero-order chi connectivity index (χ0) is 39.1. The standard InChI is InChI=1S/C59H44S/c1-2-10-43-37(9-1)21-25-50-58(43)52-33-40(22-24-49(52)59(50)55-41-28-34-27-35(30-41)31-42(55)29-34)57-47-14-5-3-12-45(47)56(46-13-4-6-15-48(46)57)38-19-17-36(18-20-38)39-23-26-54-51(32-39)44-11-7-8-16-53(44)60-54/h1-26,32-35,41-42,55,59H,27-31H2. The molecular formula is C59H44S. The van der Waals surface area contributed by atoms with Crippen LogP contribution in [0.15, 0.2) is 170 Å². The Morgan fingerprint density at radius 1 is 0.350 bits per heavy atom. The predicted molar refractivity (Wildman–Crippen MR) is 256 cm³/mol. The molecule has 4 saturated carbocycles. The Balaban J connectivity index is 0.928. The number of thiophene rings is 1. The molecule has 5 aliphatic carbocycles. The molecule has 5 aliphatic rings. The topological polar surface area (TPSA) is 0 Å². The Labute approximate surface area is 355 Å². The molecule has 1 heterocycles. The minimum Gasteiger partial charge on any atom is -0.135 e. The first kappa shape index (κ1) is 33.8. The van der Waals surface area contributed by atoms with E-state index in [2.05, 4.69) is 170 Å². The summed E-state index contributed by atoms with van der Waals surface area (Å²) in [5.41, 5.74) is 13.9. The molecule has 9 aromatic carbocycles. The van der Waals surface area contributed by atoms with Crippen molar-refractivity contribution >= 4 is 63.8 Å². The Morgan fingerprint density at radius 3 is 1.58 bits per heavy atom. The van der Waals surface area contributed by atoms with Crippen LogP contribution >= 0.6 is 11.3 Å². The maximum Gasteiger partial charge on any atom is 0.0355 e. The van der Waals surface area contributed by atoms with E-state index in [0.717, 1.165) is 29.6 Å². The summed E-state index contributed by atoms with van der Waals surface area (Å²) in [6.07, 6.45) is 7.33. The Kier molecular flexibility index (Phi) is 7.17. The molecule has 15 rings (SSSR count). The van der Waals surface area contributed by atoms with E-state index in [1.807, 2.05) is 11.3 Å². The summed E-state index contributed by atoms with van der Waals surface area (Å²) in [5.74, 6) is 4.96. The summed E-state index contributed by atoms with van der Waals surface area (Å²) >= 11 is 1.88. The van der Waals surface area contributed by atoms with Crippen LogP contribution in [0.2, 0.25) is 0 Å². The van der Waals surface area contributed by atoms with Crippen molar-refractivity contribution in [2.45, 2.75) is 38.0 Å². The summed E-state index contributed by atoms with van der Waals surface area (Å²) in [4.78, 5) is 0. The predicted octanol–water partition coefficient (Wildman–Crippen LogP) is 16.7. The summed E-state index contributed by atoms with van der Waals surface area (Å²) in [6, 6.07) is 65.2. The van der Waals surface area contributed by atoms with E-state index in [-0.39, 0.29) is 0 Å². The zero-order valence-corrected chi connectivity index (χ0v) is 34.4. The average molecular weight is 785 g/mol. The van der Waals surface area contributed by atoms with Crippen molar-refractivity contribution in [2.75, 3.05) is 0 Å². The molecule has 10 aromatic rings. The van der Waals surface area contributed by atoms with Gasteiger partial charge < -0.3 is 0 Å². The van der Waals surface area contributed by atoms with Crippen LogP contribution in [0, 0.1) is 29.6 Å². The number of hydrogen-bond donors (Lipinski definition) is 0. The smallest absolute Gasteiger partial charge is 0.0355 e. The lowest BCUT2D eigenvalue weighted by Gasteiger charge is -2.56. The fourth-order valence-electron chi connectivity index (χ4n) is 13.6. The van der Waals surface area contributed by atoms with Gasteiger partial charge in [0.2, 0.25) is 0 Å². The first-order chi connectivity index (χ1) is 29.7. The highest BCUT2D eigenvalue weighted by Crippen LogP contribution is 2.64. The molecule has 0 N–H and O–H groups in total. The van der Waals surface area contributed by atoms with Gasteiger partial charge in [-0.3, -0.25) is 0 Å². The molecule has 0 radical (unpaired) electrons. The molecule has 286 valence electrons. The van der Waals surface area contributed by atoms with Crippen LogP contribution in [0.25, 0.3) is 97.0 Å². The van der Waals surface area contributed by atoms with Crippen molar-refractivity contribution in [1.82, 2.24) is 0 Å². The van der Waals surface area contributed by atoms with Crippen LogP contribution in [0.5, 0.6) is 0 Å². The normalized spacial score (nSPS) is 22.7. The third-order valence-corrected chi connectivity index (χ3v) is 16.9. The highest BCUT2D eigenvalue weighted by Gasteiger charge is 2.52. The third kappa shape index (κ3) is 4.85. The van der Waals surface area contributed by atoms with Crippen LogP contribution in [0.1, 0.15) is 49.1 Å². The van der Waals surface area contributed by atoms with Crippen LogP contribution in [-0.2, 0) is 0 Å². The molecule has 1 atom stereocenters. The van der Waals surface area contributed by atoms with Gasteiger partial charge in [-0.05, 0) is 174 Å². The minimum atomic E-state index is 0.494. The summed E-state index contributed by atoms with van der Waals surface area (Å²) in [7, 11) is 0. The van der Waals surface area contributed by atoms with Gasteiger partial charge in [-0.1, -0.05) is 146 Å². The van der Waals surface area contributed by atoms with E-state index in [9.17, 15) is 0 Å². The monoisotopic (exact) mass is 784 g/mol. The van der Waals surface area contributed by atoms with Crippen molar-refractivity contribution < 1.29 is 0 Å². The van der Waals surface area contributed by atoms with Crippen LogP contribution in [0.4, 0.5) is 0 Å². The van der Waals surface area contributed by atoms with Gasteiger partial charge in [-0.15, -0.1) is 11.3 Å². The lowest BCUT2D eigenvalue weighted by molar-refractivity contribution is -0.0424. The lowest BCUT2D eigenvalue weighted by atomic mass is 9.49. The third-order valence-electron chi connectivity index (χ3n) is 15.7. The molecule has 0 aliphatic heterocycles. The first-order valence-electron chi connectivity index (χ1n) is 22.3. The maximum absolute atomic E-state index is 2.60. The van der Waals surface area contributed by atoms with Gasteiger partial charge in [0, 0.05) is 26.1 Å². The highest BCUT2D eigenvalue weighted by molar-refractivity contribution is 7.25.